The maximum absolute atomic E-state index is 13.3. The largest absolute Gasteiger partial charge is 0.497 e. The number of methoxy groups -OCH3 is 1. The second-order valence-electron chi connectivity index (χ2n) is 7.15. The highest BCUT2D eigenvalue weighted by molar-refractivity contribution is 7.92. The van der Waals surface area contributed by atoms with E-state index in [1.165, 1.54) is 12.0 Å². The van der Waals surface area contributed by atoms with Gasteiger partial charge in [0.2, 0.25) is 21.8 Å². The van der Waals surface area contributed by atoms with E-state index < -0.39 is 28.5 Å². The van der Waals surface area contributed by atoms with E-state index in [4.69, 9.17) is 16.3 Å². The molecule has 0 unspecified atom stereocenters. The van der Waals surface area contributed by atoms with Crippen LogP contribution in [0.1, 0.15) is 19.4 Å². The van der Waals surface area contributed by atoms with Crippen molar-refractivity contribution in [2.75, 3.05) is 30.8 Å². The predicted octanol–water partition coefficient (Wildman–Crippen LogP) is 2.67. The van der Waals surface area contributed by atoms with Crippen molar-refractivity contribution in [2.24, 2.45) is 0 Å². The molecule has 8 nitrogen and oxygen atoms in total. The minimum atomic E-state index is -3.78. The van der Waals surface area contributed by atoms with Crippen molar-refractivity contribution >= 4 is 39.1 Å². The van der Waals surface area contributed by atoms with Crippen LogP contribution in [-0.4, -0.2) is 57.6 Å². The molecule has 32 heavy (non-hydrogen) atoms. The molecular weight excluding hydrogens is 454 g/mol. The molecule has 0 aromatic heterocycles. The molecule has 0 radical (unpaired) electrons. The Bertz CT molecular complexity index is 1040. The molecule has 174 valence electrons. The van der Waals surface area contributed by atoms with Gasteiger partial charge in [0.05, 0.1) is 19.1 Å². The molecule has 2 aromatic carbocycles. The maximum Gasteiger partial charge on any atom is 0.244 e. The average molecular weight is 482 g/mol. The van der Waals surface area contributed by atoms with E-state index in [9.17, 15) is 18.0 Å². The smallest absolute Gasteiger partial charge is 0.244 e. The van der Waals surface area contributed by atoms with E-state index in [0.717, 1.165) is 10.6 Å². The lowest BCUT2D eigenvalue weighted by Crippen LogP contribution is -2.51. The van der Waals surface area contributed by atoms with Gasteiger partial charge in [0, 0.05) is 18.1 Å². The fourth-order valence-electron chi connectivity index (χ4n) is 3.08. The van der Waals surface area contributed by atoms with E-state index in [0.29, 0.717) is 28.6 Å². The molecule has 2 rings (SSSR count). The lowest BCUT2D eigenvalue weighted by molar-refractivity contribution is -0.139. The van der Waals surface area contributed by atoms with Gasteiger partial charge < -0.3 is 15.0 Å². The topological polar surface area (TPSA) is 96.0 Å². The summed E-state index contributed by atoms with van der Waals surface area (Å²) in [4.78, 5) is 27.2. The third kappa shape index (κ3) is 6.61. The minimum Gasteiger partial charge on any atom is -0.497 e. The standard InChI is InChI=1S/C22H28ClN3O5S/c1-5-24-22(28)16(2)25(14-17-8-6-7-9-20(17)23)21(27)15-26(32(4,29)30)18-10-12-19(31-3)13-11-18/h6-13,16H,5,14-15H2,1-4H3,(H,24,28)/t16-/m1/s1. The summed E-state index contributed by atoms with van der Waals surface area (Å²) in [5.41, 5.74) is 0.957. The first kappa shape index (κ1) is 25.5. The lowest BCUT2D eigenvalue weighted by Gasteiger charge is -2.31. The van der Waals surface area contributed by atoms with Gasteiger partial charge in [-0.05, 0) is 49.7 Å². The molecule has 2 amide bonds. The van der Waals surface area contributed by atoms with Gasteiger partial charge in [0.15, 0.2) is 0 Å². The average Bonchev–Trinajstić information content (AvgIpc) is 2.75. The molecule has 2 aromatic rings. The number of amides is 2. The van der Waals surface area contributed by atoms with Crippen LogP contribution in [0.25, 0.3) is 0 Å². The third-order valence-corrected chi connectivity index (χ3v) is 6.37. The second kappa shape index (κ2) is 11.2. The summed E-state index contributed by atoms with van der Waals surface area (Å²) >= 11 is 6.26. The molecule has 1 atom stereocenters. The third-order valence-electron chi connectivity index (χ3n) is 4.86. The van der Waals surface area contributed by atoms with E-state index in [-0.39, 0.29) is 12.5 Å². The minimum absolute atomic E-state index is 0.0526. The van der Waals surface area contributed by atoms with Crippen LogP contribution in [0, 0.1) is 0 Å². The summed E-state index contributed by atoms with van der Waals surface area (Å²) in [6.07, 6.45) is 1.02. The highest BCUT2D eigenvalue weighted by Gasteiger charge is 2.30. The molecule has 0 saturated heterocycles. The Balaban J connectivity index is 2.38. The van der Waals surface area contributed by atoms with Crippen LogP contribution in [0.2, 0.25) is 5.02 Å². The summed E-state index contributed by atoms with van der Waals surface area (Å²) in [6, 6.07) is 12.5. The van der Waals surface area contributed by atoms with Crippen LogP contribution in [0.5, 0.6) is 5.75 Å². The van der Waals surface area contributed by atoms with Crippen molar-refractivity contribution in [1.82, 2.24) is 10.2 Å². The second-order valence-corrected chi connectivity index (χ2v) is 9.47. The summed E-state index contributed by atoms with van der Waals surface area (Å²) in [5.74, 6) is -0.327. The summed E-state index contributed by atoms with van der Waals surface area (Å²) < 4.78 is 31.1. The molecule has 1 N–H and O–H groups in total. The van der Waals surface area contributed by atoms with Crippen molar-refractivity contribution < 1.29 is 22.7 Å². The van der Waals surface area contributed by atoms with E-state index in [1.807, 2.05) is 0 Å². The number of hydrogen-bond acceptors (Lipinski definition) is 5. The Labute approximate surface area is 194 Å². The Morgan fingerprint density at radius 1 is 1.12 bits per heavy atom. The van der Waals surface area contributed by atoms with E-state index in [2.05, 4.69) is 5.32 Å². The monoisotopic (exact) mass is 481 g/mol. The lowest BCUT2D eigenvalue weighted by atomic mass is 10.1. The Morgan fingerprint density at radius 2 is 1.75 bits per heavy atom. The number of rotatable bonds is 10. The first-order valence-electron chi connectivity index (χ1n) is 10.0. The van der Waals surface area contributed by atoms with Crippen LogP contribution < -0.4 is 14.4 Å². The number of hydrogen-bond donors (Lipinski definition) is 1. The van der Waals surface area contributed by atoms with Gasteiger partial charge in [-0.25, -0.2) is 8.42 Å². The number of carbonyl (C=O) groups excluding carboxylic acids is 2. The molecule has 0 aliphatic rings. The number of likely N-dealkylation sites (N-methyl/N-ethyl adjacent to an activating group) is 1. The number of anilines is 1. The van der Waals surface area contributed by atoms with Gasteiger partial charge in [-0.3, -0.25) is 13.9 Å². The molecule has 10 heteroatoms. The van der Waals surface area contributed by atoms with Crippen molar-refractivity contribution in [3.63, 3.8) is 0 Å². The van der Waals surface area contributed by atoms with Crippen molar-refractivity contribution in [3.8, 4) is 5.75 Å². The van der Waals surface area contributed by atoms with Crippen LogP contribution in [0.4, 0.5) is 5.69 Å². The normalized spacial score (nSPS) is 12.0. The predicted molar refractivity (Wildman–Crippen MR) is 125 cm³/mol. The molecular formula is C22H28ClN3O5S. The zero-order chi connectivity index (χ0) is 23.9. The number of carbonyl (C=O) groups is 2. The fourth-order valence-corrected chi connectivity index (χ4v) is 4.12. The van der Waals surface area contributed by atoms with Gasteiger partial charge in [0.1, 0.15) is 18.3 Å². The van der Waals surface area contributed by atoms with E-state index >= 15 is 0 Å². The van der Waals surface area contributed by atoms with Crippen LogP contribution in [0.3, 0.4) is 0 Å². The number of benzene rings is 2. The molecule has 0 bridgehead atoms. The van der Waals surface area contributed by atoms with Crippen LogP contribution >= 0.6 is 11.6 Å². The highest BCUT2D eigenvalue weighted by Crippen LogP contribution is 2.23. The highest BCUT2D eigenvalue weighted by atomic mass is 35.5. The fraction of sp³-hybridized carbons (Fsp3) is 0.364. The summed E-state index contributed by atoms with van der Waals surface area (Å²) in [6.45, 7) is 3.35. The maximum atomic E-state index is 13.3. The van der Waals surface area contributed by atoms with Crippen molar-refractivity contribution in [2.45, 2.75) is 26.4 Å². The quantitative estimate of drug-likeness (QED) is 0.562. The van der Waals surface area contributed by atoms with Crippen LogP contribution in [-0.2, 0) is 26.2 Å². The Morgan fingerprint density at radius 3 is 2.28 bits per heavy atom. The molecule has 0 aliphatic heterocycles. The van der Waals surface area contributed by atoms with Gasteiger partial charge in [0.25, 0.3) is 0 Å². The zero-order valence-corrected chi connectivity index (χ0v) is 20.1. The van der Waals surface area contributed by atoms with E-state index in [1.54, 1.807) is 62.4 Å². The number of ether oxygens (including phenoxy) is 1. The SMILES string of the molecule is CCNC(=O)[C@@H](C)N(Cc1ccccc1Cl)C(=O)CN(c1ccc(OC)cc1)S(C)(=O)=O. The number of halogens is 1. The molecule has 0 heterocycles. The van der Waals surface area contributed by atoms with Gasteiger partial charge in [-0.15, -0.1) is 0 Å². The number of nitrogens with one attached hydrogen (secondary N) is 1. The summed E-state index contributed by atoms with van der Waals surface area (Å²) in [5, 5.41) is 3.15. The molecule has 0 saturated carbocycles. The van der Waals surface area contributed by atoms with Gasteiger partial charge in [-0.1, -0.05) is 29.8 Å². The molecule has 0 fully saturated rings. The Kier molecular flexibility index (Phi) is 8.91. The first-order chi connectivity index (χ1) is 15.1. The van der Waals surface area contributed by atoms with Crippen molar-refractivity contribution in [3.05, 3.63) is 59.1 Å². The first-order valence-corrected chi connectivity index (χ1v) is 12.2. The van der Waals surface area contributed by atoms with Gasteiger partial charge in [-0.2, -0.15) is 0 Å². The van der Waals surface area contributed by atoms with Crippen LogP contribution in [0.15, 0.2) is 48.5 Å². The zero-order valence-electron chi connectivity index (χ0n) is 18.5. The molecule has 0 spiro atoms. The van der Waals surface area contributed by atoms with Gasteiger partial charge >= 0.3 is 0 Å². The van der Waals surface area contributed by atoms with Crippen molar-refractivity contribution in [1.29, 1.82) is 0 Å². The summed E-state index contributed by atoms with van der Waals surface area (Å²) in [7, 11) is -2.28. The Hall–Kier alpha value is -2.78. The number of nitrogens with zero attached hydrogens (tertiary/aromatic N) is 2. The molecule has 0 aliphatic carbocycles. The number of sulfonamides is 1.